The Bertz CT molecular complexity index is 717. The van der Waals surface area contributed by atoms with Gasteiger partial charge in [0.25, 0.3) is 5.91 Å². The fourth-order valence-corrected chi connectivity index (χ4v) is 3.72. The van der Waals surface area contributed by atoms with Crippen molar-refractivity contribution in [3.8, 4) is 0 Å². The summed E-state index contributed by atoms with van der Waals surface area (Å²) >= 11 is 0. The van der Waals surface area contributed by atoms with Crippen molar-refractivity contribution in [1.82, 2.24) is 19.7 Å². The van der Waals surface area contributed by atoms with Crippen molar-refractivity contribution in [3.05, 3.63) is 35.8 Å². The molecule has 2 aliphatic rings. The molecule has 0 aromatic carbocycles. The Labute approximate surface area is 140 Å². The number of carbonyl (C=O) groups is 1. The van der Waals surface area contributed by atoms with Crippen molar-refractivity contribution >= 4 is 5.91 Å². The maximum absolute atomic E-state index is 13.2. The third-order valence-corrected chi connectivity index (χ3v) is 4.93. The molecule has 7 heteroatoms. The largest absolute Gasteiger partial charge is 0.423 e. The number of nitrogens with zero attached hydrogens (tertiary/aromatic N) is 4. The lowest BCUT2D eigenvalue weighted by Crippen LogP contribution is -2.44. The molecule has 128 valence electrons. The summed E-state index contributed by atoms with van der Waals surface area (Å²) in [6, 6.07) is 3.98. The predicted octanol–water partition coefficient (Wildman–Crippen LogP) is 2.51. The molecule has 4 rings (SSSR count). The molecule has 2 aromatic rings. The van der Waals surface area contributed by atoms with Crippen LogP contribution in [0, 0.1) is 6.92 Å². The van der Waals surface area contributed by atoms with Crippen LogP contribution in [0.3, 0.4) is 0 Å². The number of rotatable bonds is 3. The monoisotopic (exact) mass is 330 g/mol. The molecule has 1 saturated carbocycles. The molecule has 1 saturated heterocycles. The highest BCUT2D eigenvalue weighted by atomic mass is 16.5. The highest BCUT2D eigenvalue weighted by molar-refractivity contribution is 5.93. The van der Waals surface area contributed by atoms with Gasteiger partial charge in [-0.3, -0.25) is 4.79 Å². The van der Waals surface area contributed by atoms with Crippen LogP contribution in [0.25, 0.3) is 0 Å². The van der Waals surface area contributed by atoms with Crippen LogP contribution < -0.4 is 0 Å². The Morgan fingerprint density at radius 3 is 2.88 bits per heavy atom. The number of hydrogen-bond acceptors (Lipinski definition) is 5. The highest BCUT2D eigenvalue weighted by Gasteiger charge is 2.34. The normalized spacial score (nSPS) is 22.2. The Hall–Kier alpha value is -2.15. The van der Waals surface area contributed by atoms with Gasteiger partial charge < -0.3 is 18.6 Å². The van der Waals surface area contributed by atoms with Crippen LogP contribution in [0.1, 0.15) is 60.0 Å². The van der Waals surface area contributed by atoms with E-state index in [1.807, 2.05) is 18.3 Å². The quantitative estimate of drug-likeness (QED) is 0.864. The number of ether oxygens (including phenoxy) is 1. The van der Waals surface area contributed by atoms with Gasteiger partial charge in [-0.15, -0.1) is 10.2 Å². The summed E-state index contributed by atoms with van der Waals surface area (Å²) < 4.78 is 13.2. The minimum Gasteiger partial charge on any atom is -0.423 e. The molecule has 0 spiro atoms. The van der Waals surface area contributed by atoms with Crippen molar-refractivity contribution in [3.63, 3.8) is 0 Å². The van der Waals surface area contributed by atoms with Crippen LogP contribution in [0.4, 0.5) is 0 Å². The molecule has 0 radical (unpaired) electrons. The molecule has 3 heterocycles. The Kier molecular flexibility index (Phi) is 4.10. The lowest BCUT2D eigenvalue weighted by Gasteiger charge is -2.34. The Morgan fingerprint density at radius 1 is 1.29 bits per heavy atom. The van der Waals surface area contributed by atoms with Gasteiger partial charge in [-0.05, 0) is 25.0 Å². The van der Waals surface area contributed by atoms with E-state index in [9.17, 15) is 4.79 Å². The zero-order valence-corrected chi connectivity index (χ0v) is 13.9. The van der Waals surface area contributed by atoms with Crippen molar-refractivity contribution in [2.45, 2.75) is 44.7 Å². The fourth-order valence-electron chi connectivity index (χ4n) is 3.72. The number of morpholine rings is 1. The van der Waals surface area contributed by atoms with E-state index in [4.69, 9.17) is 9.15 Å². The zero-order valence-electron chi connectivity index (χ0n) is 13.9. The van der Waals surface area contributed by atoms with Gasteiger partial charge in [0, 0.05) is 25.7 Å². The maximum atomic E-state index is 13.2. The summed E-state index contributed by atoms with van der Waals surface area (Å²) in [5, 5.41) is 7.97. The van der Waals surface area contributed by atoms with Gasteiger partial charge in [0.1, 0.15) is 11.7 Å². The first-order valence-electron chi connectivity index (χ1n) is 8.59. The third-order valence-electron chi connectivity index (χ3n) is 4.93. The van der Waals surface area contributed by atoms with E-state index in [-0.39, 0.29) is 11.9 Å². The molecule has 24 heavy (non-hydrogen) atoms. The van der Waals surface area contributed by atoms with Crippen LogP contribution in [-0.4, -0.2) is 45.3 Å². The van der Waals surface area contributed by atoms with Crippen molar-refractivity contribution in [1.29, 1.82) is 0 Å². The summed E-state index contributed by atoms with van der Waals surface area (Å²) in [6.07, 6.45) is 6.78. The lowest BCUT2D eigenvalue weighted by molar-refractivity contribution is -0.0112. The maximum Gasteiger partial charge on any atom is 0.271 e. The second-order valence-electron chi connectivity index (χ2n) is 6.49. The number of carbonyl (C=O) groups excluding carboxylic acids is 1. The van der Waals surface area contributed by atoms with E-state index in [2.05, 4.69) is 14.8 Å². The van der Waals surface area contributed by atoms with Gasteiger partial charge in [-0.1, -0.05) is 12.8 Å². The molecule has 0 bridgehead atoms. The molecule has 1 amide bonds. The van der Waals surface area contributed by atoms with Gasteiger partial charge in [0.2, 0.25) is 11.8 Å². The lowest BCUT2D eigenvalue weighted by atomic mass is 10.2. The number of hydrogen-bond donors (Lipinski definition) is 0. The second kappa shape index (κ2) is 6.39. The van der Waals surface area contributed by atoms with E-state index in [0.717, 1.165) is 18.5 Å². The number of aromatic nitrogens is 3. The van der Waals surface area contributed by atoms with Crippen LogP contribution in [0.5, 0.6) is 0 Å². The van der Waals surface area contributed by atoms with E-state index in [1.54, 1.807) is 11.8 Å². The Balaban J connectivity index is 1.61. The molecule has 2 aromatic heterocycles. The molecular formula is C17H22N4O3. The van der Waals surface area contributed by atoms with Crippen LogP contribution in [-0.2, 0) is 4.74 Å². The first-order chi connectivity index (χ1) is 11.7. The van der Waals surface area contributed by atoms with Gasteiger partial charge >= 0.3 is 0 Å². The predicted molar refractivity (Wildman–Crippen MR) is 85.6 cm³/mol. The van der Waals surface area contributed by atoms with Gasteiger partial charge in [-0.25, -0.2) is 0 Å². The zero-order chi connectivity index (χ0) is 16.5. The summed E-state index contributed by atoms with van der Waals surface area (Å²) in [7, 11) is 0. The minimum absolute atomic E-state index is 0.0102. The SMILES string of the molecule is Cc1nnc([C@@H]2COCCN2C(=O)c2cccn2C2CCCC2)o1. The fraction of sp³-hybridized carbons (Fsp3) is 0.588. The van der Waals surface area contributed by atoms with Crippen LogP contribution in [0.15, 0.2) is 22.7 Å². The molecular weight excluding hydrogens is 308 g/mol. The average molecular weight is 330 g/mol. The molecule has 0 unspecified atom stereocenters. The summed E-state index contributed by atoms with van der Waals surface area (Å²) in [6.45, 7) is 3.19. The average Bonchev–Trinajstić information content (AvgIpc) is 3.34. The topological polar surface area (TPSA) is 73.4 Å². The summed E-state index contributed by atoms with van der Waals surface area (Å²) in [5.74, 6) is 0.952. The van der Waals surface area contributed by atoms with Crippen LogP contribution in [0.2, 0.25) is 0 Å². The first-order valence-corrected chi connectivity index (χ1v) is 8.59. The van der Waals surface area contributed by atoms with Crippen molar-refractivity contribution in [2.24, 2.45) is 0 Å². The standard InChI is InChI=1S/C17H22N4O3/c1-12-18-19-16(24-12)15-11-23-10-9-21(15)17(22)14-7-4-8-20(14)13-5-2-3-6-13/h4,7-8,13,15H,2-3,5-6,9-11H2,1H3/t15-/m0/s1. The van der Waals surface area contributed by atoms with Gasteiger partial charge in [-0.2, -0.15) is 0 Å². The van der Waals surface area contributed by atoms with Crippen molar-refractivity contribution in [2.75, 3.05) is 19.8 Å². The molecule has 7 nitrogen and oxygen atoms in total. The summed E-state index contributed by atoms with van der Waals surface area (Å²) in [4.78, 5) is 15.0. The van der Waals surface area contributed by atoms with Crippen molar-refractivity contribution < 1.29 is 13.9 Å². The van der Waals surface area contributed by atoms with E-state index in [1.165, 1.54) is 12.8 Å². The molecule has 2 fully saturated rings. The number of aryl methyl sites for hydroxylation is 1. The van der Waals surface area contributed by atoms with E-state index in [0.29, 0.717) is 37.6 Å². The molecule has 0 N–H and O–H groups in total. The molecule has 1 atom stereocenters. The Morgan fingerprint density at radius 2 is 2.12 bits per heavy atom. The number of amides is 1. The van der Waals surface area contributed by atoms with E-state index < -0.39 is 0 Å². The van der Waals surface area contributed by atoms with Crippen LogP contribution >= 0.6 is 0 Å². The summed E-state index contributed by atoms with van der Waals surface area (Å²) in [5.41, 5.74) is 0.741. The smallest absolute Gasteiger partial charge is 0.271 e. The van der Waals surface area contributed by atoms with Gasteiger partial charge in [0.15, 0.2) is 0 Å². The molecule has 1 aliphatic carbocycles. The first kappa shape index (κ1) is 15.4. The second-order valence-corrected chi connectivity index (χ2v) is 6.49. The van der Waals surface area contributed by atoms with E-state index >= 15 is 0 Å². The molecule has 1 aliphatic heterocycles. The third kappa shape index (κ3) is 2.73. The highest BCUT2D eigenvalue weighted by Crippen LogP contribution is 2.32. The van der Waals surface area contributed by atoms with Gasteiger partial charge in [0.05, 0.1) is 13.2 Å². The minimum atomic E-state index is -0.320.